The van der Waals surface area contributed by atoms with Crippen molar-refractivity contribution >= 4 is 0 Å². The molecule has 15 heavy (non-hydrogen) atoms. The van der Waals surface area contributed by atoms with Crippen molar-refractivity contribution in [3.05, 3.63) is 18.2 Å². The molecule has 0 unspecified atom stereocenters. The first-order valence-electron chi connectivity index (χ1n) is 5.67. The van der Waals surface area contributed by atoms with Gasteiger partial charge in [-0.2, -0.15) is 0 Å². The highest BCUT2D eigenvalue weighted by Gasteiger charge is 2.20. The van der Waals surface area contributed by atoms with Crippen LogP contribution in [0, 0.1) is 5.92 Å². The molecular formula is C11H19N3O. The van der Waals surface area contributed by atoms with E-state index in [-0.39, 0.29) is 0 Å². The highest BCUT2D eigenvalue weighted by Crippen LogP contribution is 2.28. The zero-order chi connectivity index (χ0) is 10.5. The van der Waals surface area contributed by atoms with Gasteiger partial charge in [0.1, 0.15) is 0 Å². The maximum Gasteiger partial charge on any atom is 0.0948 e. The first kappa shape index (κ1) is 10.6. The number of ether oxygens (including phenoxy) is 1. The van der Waals surface area contributed by atoms with Crippen LogP contribution in [0.4, 0.5) is 0 Å². The maximum absolute atomic E-state index is 5.58. The summed E-state index contributed by atoms with van der Waals surface area (Å²) in [6.07, 6.45) is 7.33. The van der Waals surface area contributed by atoms with Crippen LogP contribution in [0.1, 0.15) is 18.5 Å². The summed E-state index contributed by atoms with van der Waals surface area (Å²) in [5.41, 5.74) is 6.72. The standard InChI is InChI=1S/C11H19N3O/c12-4-3-11-7-13-9-14(11)5-6-15-8-10-1-2-10/h7,9-10H,1-6,8,12H2. The third-order valence-corrected chi connectivity index (χ3v) is 2.73. The van der Waals surface area contributed by atoms with Crippen LogP contribution in [0.2, 0.25) is 0 Å². The van der Waals surface area contributed by atoms with Crippen molar-refractivity contribution in [2.45, 2.75) is 25.8 Å². The van der Waals surface area contributed by atoms with Gasteiger partial charge in [0, 0.05) is 31.5 Å². The van der Waals surface area contributed by atoms with E-state index in [0.29, 0.717) is 6.54 Å². The van der Waals surface area contributed by atoms with E-state index in [1.54, 1.807) is 0 Å². The van der Waals surface area contributed by atoms with E-state index in [0.717, 1.165) is 32.1 Å². The Morgan fingerprint density at radius 2 is 2.40 bits per heavy atom. The largest absolute Gasteiger partial charge is 0.379 e. The molecule has 1 fully saturated rings. The summed E-state index contributed by atoms with van der Waals surface area (Å²) < 4.78 is 7.71. The molecule has 0 radical (unpaired) electrons. The van der Waals surface area contributed by atoms with E-state index in [4.69, 9.17) is 10.5 Å². The van der Waals surface area contributed by atoms with Crippen LogP contribution >= 0.6 is 0 Å². The average molecular weight is 209 g/mol. The Morgan fingerprint density at radius 3 is 3.13 bits per heavy atom. The molecule has 0 aliphatic heterocycles. The molecule has 2 N–H and O–H groups in total. The molecule has 1 aliphatic carbocycles. The van der Waals surface area contributed by atoms with Gasteiger partial charge in [-0.3, -0.25) is 0 Å². The molecule has 2 rings (SSSR count). The van der Waals surface area contributed by atoms with Crippen LogP contribution in [-0.4, -0.2) is 29.3 Å². The molecule has 1 aromatic heterocycles. The number of rotatable bonds is 7. The fourth-order valence-electron chi connectivity index (χ4n) is 1.60. The van der Waals surface area contributed by atoms with Gasteiger partial charge in [0.2, 0.25) is 0 Å². The lowest BCUT2D eigenvalue weighted by Crippen LogP contribution is -2.12. The molecular weight excluding hydrogens is 190 g/mol. The van der Waals surface area contributed by atoms with Gasteiger partial charge in [-0.25, -0.2) is 4.98 Å². The molecule has 84 valence electrons. The van der Waals surface area contributed by atoms with Gasteiger partial charge in [0.25, 0.3) is 0 Å². The van der Waals surface area contributed by atoms with Crippen molar-refractivity contribution in [1.29, 1.82) is 0 Å². The van der Waals surface area contributed by atoms with Crippen molar-refractivity contribution in [1.82, 2.24) is 9.55 Å². The Hall–Kier alpha value is -0.870. The molecule has 4 nitrogen and oxygen atoms in total. The molecule has 1 aromatic rings. The Bertz CT molecular complexity index is 294. The van der Waals surface area contributed by atoms with E-state index in [1.807, 2.05) is 12.5 Å². The van der Waals surface area contributed by atoms with Gasteiger partial charge in [0.05, 0.1) is 12.9 Å². The second kappa shape index (κ2) is 5.28. The normalized spacial score (nSPS) is 15.8. The van der Waals surface area contributed by atoms with Crippen LogP contribution in [-0.2, 0) is 17.7 Å². The Labute approximate surface area is 90.4 Å². The third-order valence-electron chi connectivity index (χ3n) is 2.73. The zero-order valence-corrected chi connectivity index (χ0v) is 9.06. The first-order valence-corrected chi connectivity index (χ1v) is 5.67. The predicted molar refractivity (Wildman–Crippen MR) is 58.5 cm³/mol. The second-order valence-corrected chi connectivity index (χ2v) is 4.14. The summed E-state index contributed by atoms with van der Waals surface area (Å²) in [4.78, 5) is 4.12. The number of nitrogens with zero attached hydrogens (tertiary/aromatic N) is 2. The highest BCUT2D eigenvalue weighted by molar-refractivity contribution is 4.98. The average Bonchev–Trinajstić information content (AvgIpc) is 2.96. The number of nitrogens with two attached hydrogens (primary N) is 1. The Kier molecular flexibility index (Phi) is 3.75. The minimum Gasteiger partial charge on any atom is -0.379 e. The number of hydrogen-bond donors (Lipinski definition) is 1. The van der Waals surface area contributed by atoms with Crippen LogP contribution in [0.15, 0.2) is 12.5 Å². The highest BCUT2D eigenvalue weighted by atomic mass is 16.5. The quantitative estimate of drug-likeness (QED) is 0.676. The second-order valence-electron chi connectivity index (χ2n) is 4.14. The Morgan fingerprint density at radius 1 is 1.53 bits per heavy atom. The van der Waals surface area contributed by atoms with Gasteiger partial charge in [-0.05, 0) is 25.3 Å². The van der Waals surface area contributed by atoms with E-state index in [9.17, 15) is 0 Å². The van der Waals surface area contributed by atoms with Crippen molar-refractivity contribution < 1.29 is 4.74 Å². The molecule has 0 bridgehead atoms. The summed E-state index contributed by atoms with van der Waals surface area (Å²) in [5.74, 6) is 0.844. The van der Waals surface area contributed by atoms with Crippen LogP contribution in [0.3, 0.4) is 0 Å². The summed E-state index contributed by atoms with van der Waals surface area (Å²) in [7, 11) is 0. The van der Waals surface area contributed by atoms with Gasteiger partial charge in [0.15, 0.2) is 0 Å². The number of imidazole rings is 1. The monoisotopic (exact) mass is 209 g/mol. The van der Waals surface area contributed by atoms with E-state index >= 15 is 0 Å². The van der Waals surface area contributed by atoms with Crippen molar-refractivity contribution in [2.24, 2.45) is 11.7 Å². The van der Waals surface area contributed by atoms with Crippen molar-refractivity contribution in [2.75, 3.05) is 19.8 Å². The van der Waals surface area contributed by atoms with Gasteiger partial charge in [-0.15, -0.1) is 0 Å². The van der Waals surface area contributed by atoms with E-state index < -0.39 is 0 Å². The van der Waals surface area contributed by atoms with E-state index in [1.165, 1.54) is 18.5 Å². The molecule has 4 heteroatoms. The van der Waals surface area contributed by atoms with Gasteiger partial charge >= 0.3 is 0 Å². The lowest BCUT2D eigenvalue weighted by atomic mass is 10.3. The lowest BCUT2D eigenvalue weighted by molar-refractivity contribution is 0.116. The molecule has 1 aliphatic rings. The summed E-state index contributed by atoms with van der Waals surface area (Å²) in [5, 5.41) is 0. The lowest BCUT2D eigenvalue weighted by Gasteiger charge is -2.07. The maximum atomic E-state index is 5.58. The molecule has 1 saturated carbocycles. The number of hydrogen-bond acceptors (Lipinski definition) is 3. The molecule has 0 saturated heterocycles. The zero-order valence-electron chi connectivity index (χ0n) is 9.06. The van der Waals surface area contributed by atoms with Gasteiger partial charge in [-0.1, -0.05) is 0 Å². The van der Waals surface area contributed by atoms with Gasteiger partial charge < -0.3 is 15.0 Å². The minimum atomic E-state index is 0.675. The molecule has 1 heterocycles. The Balaban J connectivity index is 1.68. The summed E-state index contributed by atoms with van der Waals surface area (Å²) >= 11 is 0. The van der Waals surface area contributed by atoms with Crippen LogP contribution < -0.4 is 5.73 Å². The fraction of sp³-hybridized carbons (Fsp3) is 0.727. The number of aromatic nitrogens is 2. The van der Waals surface area contributed by atoms with Crippen LogP contribution in [0.25, 0.3) is 0 Å². The predicted octanol–water partition coefficient (Wildman–Crippen LogP) is 0.811. The molecule has 0 spiro atoms. The van der Waals surface area contributed by atoms with Crippen molar-refractivity contribution in [3.63, 3.8) is 0 Å². The molecule has 0 aromatic carbocycles. The summed E-state index contributed by atoms with van der Waals surface area (Å²) in [6.45, 7) is 3.28. The third kappa shape index (κ3) is 3.32. The minimum absolute atomic E-state index is 0.675. The molecule has 0 atom stereocenters. The topological polar surface area (TPSA) is 53.1 Å². The van der Waals surface area contributed by atoms with E-state index in [2.05, 4.69) is 9.55 Å². The van der Waals surface area contributed by atoms with Crippen molar-refractivity contribution in [3.8, 4) is 0 Å². The fourth-order valence-corrected chi connectivity index (χ4v) is 1.60. The van der Waals surface area contributed by atoms with Crippen LogP contribution in [0.5, 0.6) is 0 Å². The first-order chi connectivity index (χ1) is 7.40. The SMILES string of the molecule is NCCc1cncn1CCOCC1CC1. The summed E-state index contributed by atoms with van der Waals surface area (Å²) in [6, 6.07) is 0. The molecule has 0 amide bonds. The smallest absolute Gasteiger partial charge is 0.0948 e.